The van der Waals surface area contributed by atoms with Gasteiger partial charge in [0.05, 0.1) is 5.56 Å². The number of sulfonamides is 1. The number of rotatable bonds is 6. The van der Waals surface area contributed by atoms with Crippen LogP contribution in [0.4, 0.5) is 0 Å². The van der Waals surface area contributed by atoms with Crippen LogP contribution >= 0.6 is 11.3 Å². The van der Waals surface area contributed by atoms with Crippen LogP contribution < -0.4 is 5.32 Å². The molecule has 3 heterocycles. The van der Waals surface area contributed by atoms with Gasteiger partial charge in [0.15, 0.2) is 0 Å². The van der Waals surface area contributed by atoms with Crippen molar-refractivity contribution in [2.75, 3.05) is 26.2 Å². The minimum absolute atomic E-state index is 0.0270. The fourth-order valence-electron chi connectivity index (χ4n) is 4.46. The number of hydrogen-bond acceptors (Lipinski definition) is 5. The Labute approximate surface area is 199 Å². The smallest absolute Gasteiger partial charge is 0.254 e. The van der Waals surface area contributed by atoms with Crippen molar-refractivity contribution in [2.45, 2.75) is 49.8 Å². The van der Waals surface area contributed by atoms with Crippen molar-refractivity contribution in [3.05, 3.63) is 52.4 Å². The maximum atomic E-state index is 13.1. The molecule has 1 aromatic carbocycles. The van der Waals surface area contributed by atoms with Crippen molar-refractivity contribution >= 4 is 33.2 Å². The van der Waals surface area contributed by atoms with Crippen molar-refractivity contribution in [3.63, 3.8) is 0 Å². The number of carbonyl (C=O) groups excluding carboxylic acids is 2. The first-order valence-corrected chi connectivity index (χ1v) is 13.9. The van der Waals surface area contributed by atoms with Gasteiger partial charge in [0.25, 0.3) is 15.9 Å². The van der Waals surface area contributed by atoms with Gasteiger partial charge < -0.3 is 10.2 Å². The molecule has 33 heavy (non-hydrogen) atoms. The molecule has 2 fully saturated rings. The molecule has 7 nitrogen and oxygen atoms in total. The van der Waals surface area contributed by atoms with E-state index in [1.807, 2.05) is 36.1 Å². The normalized spacial score (nSPS) is 18.3. The first kappa shape index (κ1) is 23.9. The predicted octanol–water partition coefficient (Wildman–Crippen LogP) is 3.40. The number of nitrogens with zero attached hydrogens (tertiary/aromatic N) is 2. The second-order valence-electron chi connectivity index (χ2n) is 8.83. The minimum atomic E-state index is -3.67. The molecule has 0 bridgehead atoms. The third-order valence-electron chi connectivity index (χ3n) is 6.60. The highest BCUT2D eigenvalue weighted by molar-refractivity contribution is 7.91. The number of aryl methyl sites for hydroxylation is 1. The molecule has 0 saturated carbocycles. The summed E-state index contributed by atoms with van der Waals surface area (Å²) in [4.78, 5) is 27.1. The molecule has 0 spiro atoms. The molecule has 178 valence electrons. The van der Waals surface area contributed by atoms with Crippen LogP contribution in [0.25, 0.3) is 0 Å². The molecular formula is C24H31N3O4S2. The van der Waals surface area contributed by atoms with Gasteiger partial charge in [-0.1, -0.05) is 24.3 Å². The number of piperidine rings is 2. The first-order valence-electron chi connectivity index (χ1n) is 11.6. The quantitative estimate of drug-likeness (QED) is 0.674. The molecule has 2 aromatic rings. The topological polar surface area (TPSA) is 86.8 Å². The monoisotopic (exact) mass is 489 g/mol. The van der Waals surface area contributed by atoms with Gasteiger partial charge >= 0.3 is 0 Å². The van der Waals surface area contributed by atoms with Crippen LogP contribution in [0, 0.1) is 12.8 Å². The lowest BCUT2D eigenvalue weighted by Gasteiger charge is -2.30. The second-order valence-corrected chi connectivity index (χ2v) is 11.9. The number of amides is 2. The second kappa shape index (κ2) is 10.4. The first-order chi connectivity index (χ1) is 15.9. The van der Waals surface area contributed by atoms with Crippen LogP contribution in [0.5, 0.6) is 0 Å². The summed E-state index contributed by atoms with van der Waals surface area (Å²) in [5.41, 5.74) is 2.66. The fraction of sp³-hybridized carbons (Fsp3) is 0.500. The highest BCUT2D eigenvalue weighted by Gasteiger charge is 2.33. The highest BCUT2D eigenvalue weighted by Crippen LogP contribution is 2.29. The third kappa shape index (κ3) is 5.47. The average molecular weight is 490 g/mol. The van der Waals surface area contributed by atoms with E-state index >= 15 is 0 Å². The molecule has 0 aliphatic carbocycles. The Hall–Kier alpha value is -2.23. The summed E-state index contributed by atoms with van der Waals surface area (Å²) in [5.74, 6) is -0.308. The zero-order chi connectivity index (χ0) is 23.4. The van der Waals surface area contributed by atoms with Crippen molar-refractivity contribution in [3.8, 4) is 0 Å². The summed E-state index contributed by atoms with van der Waals surface area (Å²) >= 11 is 1.10. The van der Waals surface area contributed by atoms with Crippen LogP contribution in [-0.2, 0) is 21.4 Å². The standard InChI is InChI=1S/C24H31N3O4S2/c1-18-7-3-4-8-20(18)16-25-23(28)19-9-13-27(14-10-19)33(30,31)22-15-21(17-32-22)24(29)26-11-5-2-6-12-26/h3-4,7-8,15,17,19H,2,5-6,9-14,16H2,1H3,(H,25,28). The third-order valence-corrected chi connectivity index (χ3v) is 9.91. The number of carbonyl (C=O) groups is 2. The van der Waals surface area contributed by atoms with E-state index in [-0.39, 0.29) is 21.9 Å². The molecular weight excluding hydrogens is 458 g/mol. The summed E-state index contributed by atoms with van der Waals surface area (Å²) in [6.07, 6.45) is 4.10. The largest absolute Gasteiger partial charge is 0.352 e. The molecule has 2 aliphatic rings. The van der Waals surface area contributed by atoms with Gasteiger partial charge in [0.2, 0.25) is 5.91 Å². The Bertz CT molecular complexity index is 1100. The van der Waals surface area contributed by atoms with Crippen molar-refractivity contribution in [2.24, 2.45) is 5.92 Å². The van der Waals surface area contributed by atoms with Gasteiger partial charge in [-0.3, -0.25) is 9.59 Å². The van der Waals surface area contributed by atoms with E-state index in [0.717, 1.165) is 54.8 Å². The van der Waals surface area contributed by atoms with Gasteiger partial charge in [-0.05, 0) is 56.2 Å². The Morgan fingerprint density at radius 1 is 1.06 bits per heavy atom. The zero-order valence-corrected chi connectivity index (χ0v) is 20.6. The Kier molecular flexibility index (Phi) is 7.51. The summed E-state index contributed by atoms with van der Waals surface area (Å²) in [7, 11) is -3.67. The number of benzene rings is 1. The summed E-state index contributed by atoms with van der Waals surface area (Å²) in [5, 5.41) is 4.64. The number of likely N-dealkylation sites (tertiary alicyclic amines) is 1. The van der Waals surface area contributed by atoms with Crippen molar-refractivity contribution in [1.29, 1.82) is 0 Å². The SMILES string of the molecule is Cc1ccccc1CNC(=O)C1CCN(S(=O)(=O)c2cc(C(=O)N3CCCCC3)cs2)CC1. The zero-order valence-electron chi connectivity index (χ0n) is 19.0. The lowest BCUT2D eigenvalue weighted by Crippen LogP contribution is -2.42. The summed E-state index contributed by atoms with van der Waals surface area (Å²) in [6, 6.07) is 9.44. The van der Waals surface area contributed by atoms with E-state index in [4.69, 9.17) is 0 Å². The van der Waals surface area contributed by atoms with Crippen LogP contribution in [0.2, 0.25) is 0 Å². The Morgan fingerprint density at radius 2 is 1.76 bits per heavy atom. The molecule has 4 rings (SSSR count). The summed E-state index contributed by atoms with van der Waals surface area (Å²) < 4.78 is 27.9. The van der Waals surface area contributed by atoms with Crippen molar-refractivity contribution in [1.82, 2.24) is 14.5 Å². The maximum Gasteiger partial charge on any atom is 0.254 e. The van der Waals surface area contributed by atoms with E-state index in [1.54, 1.807) is 5.38 Å². The van der Waals surface area contributed by atoms with Crippen LogP contribution in [0.1, 0.15) is 53.6 Å². The molecule has 1 aromatic heterocycles. The van der Waals surface area contributed by atoms with E-state index in [0.29, 0.717) is 38.0 Å². The van der Waals surface area contributed by atoms with E-state index in [9.17, 15) is 18.0 Å². The molecule has 2 amide bonds. The number of nitrogens with one attached hydrogen (secondary N) is 1. The lowest BCUT2D eigenvalue weighted by atomic mass is 9.97. The van der Waals surface area contributed by atoms with Gasteiger partial charge in [0, 0.05) is 44.0 Å². The molecule has 1 N–H and O–H groups in total. The molecule has 9 heteroatoms. The van der Waals surface area contributed by atoms with Gasteiger partial charge in [-0.25, -0.2) is 8.42 Å². The van der Waals surface area contributed by atoms with Crippen LogP contribution in [-0.4, -0.2) is 55.6 Å². The van der Waals surface area contributed by atoms with Gasteiger partial charge in [-0.2, -0.15) is 4.31 Å². The van der Waals surface area contributed by atoms with Gasteiger partial charge in [-0.15, -0.1) is 11.3 Å². The Morgan fingerprint density at radius 3 is 2.45 bits per heavy atom. The van der Waals surface area contributed by atoms with E-state index in [2.05, 4.69) is 5.32 Å². The fourth-order valence-corrected chi connectivity index (χ4v) is 7.24. The lowest BCUT2D eigenvalue weighted by molar-refractivity contribution is -0.126. The minimum Gasteiger partial charge on any atom is -0.352 e. The molecule has 0 atom stereocenters. The maximum absolute atomic E-state index is 13.1. The highest BCUT2D eigenvalue weighted by atomic mass is 32.2. The van der Waals surface area contributed by atoms with Crippen LogP contribution in [0.15, 0.2) is 39.9 Å². The molecule has 2 saturated heterocycles. The number of thiophene rings is 1. The predicted molar refractivity (Wildman–Crippen MR) is 129 cm³/mol. The average Bonchev–Trinajstić information content (AvgIpc) is 3.35. The summed E-state index contributed by atoms with van der Waals surface area (Å²) in [6.45, 7) is 4.57. The Balaban J connectivity index is 1.32. The van der Waals surface area contributed by atoms with E-state index < -0.39 is 10.0 Å². The van der Waals surface area contributed by atoms with Crippen LogP contribution in [0.3, 0.4) is 0 Å². The van der Waals surface area contributed by atoms with Crippen molar-refractivity contribution < 1.29 is 18.0 Å². The van der Waals surface area contributed by atoms with E-state index in [1.165, 1.54) is 10.4 Å². The number of hydrogen-bond donors (Lipinski definition) is 1. The molecule has 2 aliphatic heterocycles. The molecule has 0 unspecified atom stereocenters. The van der Waals surface area contributed by atoms with Gasteiger partial charge in [0.1, 0.15) is 4.21 Å². The molecule has 0 radical (unpaired) electrons.